The Kier molecular flexibility index (Phi) is 32.3. The highest BCUT2D eigenvalue weighted by atomic mass is 16.5. The summed E-state index contributed by atoms with van der Waals surface area (Å²) in [6.45, 7) is 28.6. The van der Waals surface area contributed by atoms with Crippen molar-refractivity contribution in [2.75, 3.05) is 56.4 Å². The number of nitrogens with one attached hydrogen (secondary N) is 4. The van der Waals surface area contributed by atoms with Crippen molar-refractivity contribution in [2.45, 2.75) is 234 Å². The third-order valence-electron chi connectivity index (χ3n) is 17.0. The Morgan fingerprint density at radius 2 is 0.956 bits per heavy atom. The summed E-state index contributed by atoms with van der Waals surface area (Å²) in [5, 5.41) is 33.6. The van der Waals surface area contributed by atoms with E-state index in [1.165, 1.54) is 77.8 Å². The minimum atomic E-state index is -2.33. The Bertz CT molecular complexity index is 2540. The molecule has 90 heavy (non-hydrogen) atoms. The molecule has 1 unspecified atom stereocenters. The van der Waals surface area contributed by atoms with Crippen LogP contribution in [0.5, 0.6) is 0 Å². The number of allylic oxidation sites excluding steroid dienone is 2. The summed E-state index contributed by atoms with van der Waals surface area (Å²) in [4.78, 5) is 183. The van der Waals surface area contributed by atoms with Crippen LogP contribution in [0, 0.1) is 35.5 Å². The third-order valence-corrected chi connectivity index (χ3v) is 17.0. The Labute approximate surface area is 535 Å². The first kappa shape index (κ1) is 81.3. The van der Waals surface area contributed by atoms with E-state index in [2.05, 4.69) is 21.3 Å². The van der Waals surface area contributed by atoms with Crippen LogP contribution in [0.25, 0.3) is 0 Å². The molecule has 0 radical (unpaired) electrons. The fourth-order valence-corrected chi connectivity index (χ4v) is 11.1. The molecule has 26 nitrogen and oxygen atoms in total. The number of carbonyl (C=O) groups excluding carboxylic acids is 11. The molecule has 1 aliphatic rings. The Morgan fingerprint density at radius 1 is 0.522 bits per heavy atom. The van der Waals surface area contributed by atoms with Gasteiger partial charge in [-0.2, -0.15) is 0 Å². The lowest BCUT2D eigenvalue weighted by Crippen LogP contribution is -2.64. The summed E-state index contributed by atoms with van der Waals surface area (Å²) < 4.78 is 5.67. The van der Waals surface area contributed by atoms with Gasteiger partial charge in [-0.15, -0.1) is 0 Å². The Morgan fingerprint density at radius 3 is 1.40 bits per heavy atom. The van der Waals surface area contributed by atoms with Crippen LogP contribution in [-0.4, -0.2) is 250 Å². The first-order valence-corrected chi connectivity index (χ1v) is 31.6. The van der Waals surface area contributed by atoms with Gasteiger partial charge in [-0.1, -0.05) is 95.2 Å². The van der Waals surface area contributed by atoms with Crippen LogP contribution in [0.1, 0.15) is 156 Å². The molecule has 514 valence electrons. The number of hydrogen-bond donors (Lipinski definition) is 6. The van der Waals surface area contributed by atoms with Crippen molar-refractivity contribution >= 4 is 70.9 Å². The van der Waals surface area contributed by atoms with Crippen molar-refractivity contribution in [3.63, 3.8) is 0 Å². The molecule has 0 bridgehead atoms. The van der Waals surface area contributed by atoms with E-state index in [1.807, 2.05) is 41.5 Å². The second-order valence-corrected chi connectivity index (χ2v) is 27.1. The predicted molar refractivity (Wildman–Crippen MR) is 341 cm³/mol. The van der Waals surface area contributed by atoms with Crippen LogP contribution in [0.3, 0.4) is 0 Å². The number of methoxy groups -OCH3 is 1. The van der Waals surface area contributed by atoms with E-state index in [0.717, 1.165) is 28.8 Å². The van der Waals surface area contributed by atoms with Crippen molar-refractivity contribution in [1.29, 1.82) is 0 Å². The lowest BCUT2D eigenvalue weighted by atomic mass is 9.91. The summed E-state index contributed by atoms with van der Waals surface area (Å²) in [6, 6.07) is -16.1. The fourth-order valence-electron chi connectivity index (χ4n) is 11.1. The first-order chi connectivity index (χ1) is 41.4. The molecule has 13 atom stereocenters. The van der Waals surface area contributed by atoms with Crippen LogP contribution >= 0.6 is 0 Å². The van der Waals surface area contributed by atoms with E-state index in [-0.39, 0.29) is 56.3 Å². The van der Waals surface area contributed by atoms with Crippen LogP contribution in [0.2, 0.25) is 0 Å². The normalized spacial score (nSPS) is 27.0. The largest absolute Gasteiger partial charge is 0.479 e. The van der Waals surface area contributed by atoms with Gasteiger partial charge in [-0.3, -0.25) is 52.7 Å². The number of hydrogen-bond acceptors (Lipinski definition) is 14. The van der Waals surface area contributed by atoms with Crippen LogP contribution in [0.15, 0.2) is 12.2 Å². The molecular weight excluding hydrogens is 1160 g/mol. The van der Waals surface area contributed by atoms with Gasteiger partial charge in [0.05, 0.1) is 11.7 Å². The number of aliphatic hydroxyl groups excluding tert-OH is 1. The minimum Gasteiger partial charge on any atom is -0.479 e. The Hall–Kier alpha value is -6.70. The van der Waals surface area contributed by atoms with E-state index < -0.39 is 167 Å². The smallest absolute Gasteiger partial charge is 0.336 e. The lowest BCUT2D eigenvalue weighted by Gasteiger charge is -2.41. The van der Waals surface area contributed by atoms with Crippen LogP contribution in [0.4, 0.5) is 0 Å². The zero-order valence-electron chi connectivity index (χ0n) is 58.6. The molecule has 1 aliphatic heterocycles. The molecule has 26 heteroatoms. The standard InChI is InChI=1S/C64H113N11O15/c1-26-28-29-39(13)51(76)49-55(80)67-42(27-2)57(82)75(24)50(63(88)89)62(87)72(21)46(33-64(16,17)90-25)54(79)68-47(37(9)10)60(85)69(18)43(30-34(3)4)53(78)65-40(14)52(77)66-41(15)56(81)70(19)44(31-35(5)6)58(83)71(20)45(32-36(7)8)59(84)73(22)48(38(11)12)61(86)74(49)23/h26,28,34-51,76H,27,29-33H2,1-25H3,(H,65,78)(H,66,77)(H,67,80)(H,68,79)(H,88,89)/t39-,40+,41-,42+,43+,44+,45+,46+,47+,48+,49+,50?,51-/m1/s1. The summed E-state index contributed by atoms with van der Waals surface area (Å²) in [5.74, 6) is -13.7. The molecule has 11 amide bonds. The number of aliphatic carboxylic acids is 1. The molecule has 1 fully saturated rings. The molecule has 1 heterocycles. The van der Waals surface area contributed by atoms with Gasteiger partial charge >= 0.3 is 5.97 Å². The highest BCUT2D eigenvalue weighted by Crippen LogP contribution is 2.27. The lowest BCUT2D eigenvalue weighted by molar-refractivity contribution is -0.161. The van der Waals surface area contributed by atoms with Crippen molar-refractivity contribution in [2.24, 2.45) is 35.5 Å². The van der Waals surface area contributed by atoms with Gasteiger partial charge in [0.2, 0.25) is 65.1 Å². The highest BCUT2D eigenvalue weighted by Gasteiger charge is 2.48. The molecule has 1 saturated heterocycles. The predicted octanol–water partition coefficient (Wildman–Crippen LogP) is 2.49. The number of carboxylic acid groups (broad SMARTS) is 1. The number of carboxylic acids is 1. The van der Waals surface area contributed by atoms with Gasteiger partial charge in [-0.25, -0.2) is 4.79 Å². The first-order valence-electron chi connectivity index (χ1n) is 31.6. The van der Waals surface area contributed by atoms with Gasteiger partial charge in [-0.05, 0) is 102 Å². The maximum atomic E-state index is 15.2. The Balaban J connectivity index is 4.52. The van der Waals surface area contributed by atoms with Gasteiger partial charge in [0.1, 0.15) is 60.4 Å². The minimum absolute atomic E-state index is 0.0832. The molecule has 0 aromatic heterocycles. The second kappa shape index (κ2) is 35.8. The zero-order valence-corrected chi connectivity index (χ0v) is 58.6. The molecule has 0 aliphatic carbocycles. The van der Waals surface area contributed by atoms with E-state index in [4.69, 9.17) is 4.74 Å². The second-order valence-electron chi connectivity index (χ2n) is 27.1. The summed E-state index contributed by atoms with van der Waals surface area (Å²) in [6.07, 6.45) is 1.93. The molecule has 0 spiro atoms. The summed E-state index contributed by atoms with van der Waals surface area (Å²) in [7, 11) is 10.4. The fraction of sp³-hybridized carbons (Fsp3) is 0.781. The zero-order chi connectivity index (χ0) is 70.1. The number of rotatable bonds is 17. The van der Waals surface area contributed by atoms with Gasteiger partial charge in [0, 0.05) is 62.9 Å². The maximum Gasteiger partial charge on any atom is 0.336 e. The average molecular weight is 1280 g/mol. The van der Waals surface area contributed by atoms with Crippen molar-refractivity contribution in [3.05, 3.63) is 12.2 Å². The quantitative estimate of drug-likeness (QED) is 0.0900. The highest BCUT2D eigenvalue weighted by molar-refractivity contribution is 6.06. The van der Waals surface area contributed by atoms with E-state index in [1.54, 1.807) is 67.5 Å². The van der Waals surface area contributed by atoms with Crippen LogP contribution < -0.4 is 21.3 Å². The van der Waals surface area contributed by atoms with Crippen LogP contribution in [-0.2, 0) is 62.3 Å². The number of ether oxygens (including phenoxy) is 1. The molecule has 0 aromatic rings. The van der Waals surface area contributed by atoms with Crippen molar-refractivity contribution in [3.8, 4) is 0 Å². The number of likely N-dealkylation sites (N-methyl/N-ethyl adjacent to an activating group) is 7. The van der Waals surface area contributed by atoms with Gasteiger partial charge in [0.15, 0.2) is 0 Å². The van der Waals surface area contributed by atoms with Gasteiger partial charge < -0.3 is 70.5 Å². The molecule has 0 saturated carbocycles. The molecule has 1 rings (SSSR count). The summed E-state index contributed by atoms with van der Waals surface area (Å²) in [5.41, 5.74) is -1.18. The van der Waals surface area contributed by atoms with E-state index in [9.17, 15) is 58.2 Å². The molecule has 6 N–H and O–H groups in total. The topological polar surface area (TPSA) is 325 Å². The third kappa shape index (κ3) is 21.7. The molecular formula is C64H113N11O15. The summed E-state index contributed by atoms with van der Waals surface area (Å²) >= 11 is 0. The van der Waals surface area contributed by atoms with Gasteiger partial charge in [0.25, 0.3) is 5.91 Å². The number of amides is 11. The monoisotopic (exact) mass is 1280 g/mol. The van der Waals surface area contributed by atoms with E-state index in [0.29, 0.717) is 4.90 Å². The SMILES string of the molecule is CC=CC[C@@H](C)[C@@H](O)[C@H]1C(=O)N[C@@H](CC)C(=O)N(C)C(C(=O)O)C(=O)N(C)[C@@H](CC(C)(C)OC)C(=O)N[C@@H](C(C)C)C(=O)N(C)[C@@H](CC(C)C)C(=O)N[C@@H](C)C(=O)N[C@H](C)C(=O)N(C)[C@@H](CC(C)C)C(=O)N(C)[C@@H](CC(C)C)C(=O)N(C)[C@@H](C(C)C)C(=O)N1C. The van der Waals surface area contributed by atoms with Crippen molar-refractivity contribution in [1.82, 2.24) is 55.6 Å². The maximum absolute atomic E-state index is 15.2. The number of nitrogens with zero attached hydrogens (tertiary/aromatic N) is 7. The van der Waals surface area contributed by atoms with Crippen molar-refractivity contribution < 1.29 is 72.5 Å². The average Bonchev–Trinajstić information content (AvgIpc) is 0.841. The number of carbonyl (C=O) groups is 12. The molecule has 0 aromatic carbocycles. The van der Waals surface area contributed by atoms with E-state index >= 15 is 9.59 Å². The number of aliphatic hydroxyl groups is 1.